The molecule has 0 saturated carbocycles. The van der Waals surface area contributed by atoms with Gasteiger partial charge in [0, 0.05) is 6.54 Å². The van der Waals surface area contributed by atoms with E-state index in [9.17, 15) is 8.42 Å². The van der Waals surface area contributed by atoms with Gasteiger partial charge in [-0.2, -0.15) is 0 Å². The Morgan fingerprint density at radius 3 is 3.00 bits per heavy atom. The lowest BCUT2D eigenvalue weighted by Gasteiger charge is -1.98. The highest BCUT2D eigenvalue weighted by Crippen LogP contribution is 2.20. The van der Waals surface area contributed by atoms with Crippen LogP contribution in [0.3, 0.4) is 0 Å². The lowest BCUT2D eigenvalue weighted by Crippen LogP contribution is -2.23. The van der Waals surface area contributed by atoms with Crippen LogP contribution in [0, 0.1) is 0 Å². The molecule has 15 heavy (non-hydrogen) atoms. The van der Waals surface area contributed by atoms with Gasteiger partial charge in [-0.25, -0.2) is 22.6 Å². The summed E-state index contributed by atoms with van der Waals surface area (Å²) in [6.45, 7) is 2.05. The van der Waals surface area contributed by atoms with Crippen molar-refractivity contribution in [1.29, 1.82) is 0 Å². The van der Waals surface area contributed by atoms with E-state index in [0.717, 1.165) is 0 Å². The molecule has 0 aliphatic rings. The third-order valence-corrected chi connectivity index (χ3v) is 4.38. The SMILES string of the molecule is CCNS(=O)(=O)c1cn2nc(Br)sc2n1. The minimum Gasteiger partial charge on any atom is -0.210 e. The summed E-state index contributed by atoms with van der Waals surface area (Å²) >= 11 is 4.46. The van der Waals surface area contributed by atoms with Crippen molar-refractivity contribution in [3.63, 3.8) is 0 Å². The Morgan fingerprint density at radius 1 is 1.67 bits per heavy atom. The van der Waals surface area contributed by atoms with Crippen LogP contribution < -0.4 is 4.72 Å². The minimum absolute atomic E-state index is 0.00407. The van der Waals surface area contributed by atoms with Crippen LogP contribution in [0.4, 0.5) is 0 Å². The Balaban J connectivity index is 2.49. The monoisotopic (exact) mass is 310 g/mol. The van der Waals surface area contributed by atoms with Crippen LogP contribution in [-0.4, -0.2) is 29.6 Å². The molecular weight excluding hydrogens is 304 g/mol. The van der Waals surface area contributed by atoms with Crippen LogP contribution in [-0.2, 0) is 10.0 Å². The zero-order valence-corrected chi connectivity index (χ0v) is 10.9. The highest BCUT2D eigenvalue weighted by Gasteiger charge is 2.18. The Kier molecular flexibility index (Phi) is 2.79. The Hall–Kier alpha value is -0.510. The summed E-state index contributed by atoms with van der Waals surface area (Å²) in [4.78, 5) is 4.50. The third kappa shape index (κ3) is 2.05. The normalized spacial score (nSPS) is 12.4. The van der Waals surface area contributed by atoms with E-state index in [1.807, 2.05) is 0 Å². The predicted molar refractivity (Wildman–Crippen MR) is 59.4 cm³/mol. The molecular formula is C6H7BrN4O2S2. The van der Waals surface area contributed by atoms with Gasteiger partial charge in [-0.05, 0) is 15.9 Å². The zero-order valence-electron chi connectivity index (χ0n) is 7.64. The van der Waals surface area contributed by atoms with E-state index >= 15 is 0 Å². The predicted octanol–water partition coefficient (Wildman–Crippen LogP) is 0.851. The van der Waals surface area contributed by atoms with Crippen LogP contribution in [0.1, 0.15) is 6.92 Å². The summed E-state index contributed by atoms with van der Waals surface area (Å²) in [5, 5.41) is 4.00. The number of nitrogens with zero attached hydrogens (tertiary/aromatic N) is 3. The van der Waals surface area contributed by atoms with Gasteiger partial charge in [0.2, 0.25) is 4.96 Å². The molecule has 0 fully saturated rings. The first kappa shape index (κ1) is 11.0. The number of sulfonamides is 1. The van der Waals surface area contributed by atoms with Crippen molar-refractivity contribution in [2.45, 2.75) is 11.9 Å². The summed E-state index contributed by atoms with van der Waals surface area (Å²) in [5.41, 5.74) is 0. The smallest absolute Gasteiger partial charge is 0.210 e. The number of imidazole rings is 1. The molecule has 2 rings (SSSR count). The Bertz CT molecular complexity index is 556. The molecule has 0 aromatic carbocycles. The second kappa shape index (κ2) is 3.81. The van der Waals surface area contributed by atoms with Gasteiger partial charge in [-0.3, -0.25) is 0 Å². The first-order valence-electron chi connectivity index (χ1n) is 4.04. The molecule has 0 amide bonds. The lowest BCUT2D eigenvalue weighted by molar-refractivity contribution is 0.580. The highest BCUT2D eigenvalue weighted by molar-refractivity contribution is 9.11. The average Bonchev–Trinajstić information content (AvgIpc) is 2.60. The van der Waals surface area contributed by atoms with E-state index in [4.69, 9.17) is 0 Å². The molecule has 0 bridgehead atoms. The summed E-state index contributed by atoms with van der Waals surface area (Å²) < 4.78 is 27.6. The Labute approximate surface area is 98.5 Å². The summed E-state index contributed by atoms with van der Waals surface area (Å²) in [6.07, 6.45) is 1.38. The highest BCUT2D eigenvalue weighted by atomic mass is 79.9. The van der Waals surface area contributed by atoms with Crippen LogP contribution in [0.15, 0.2) is 15.1 Å². The van der Waals surface area contributed by atoms with Crippen LogP contribution in [0.5, 0.6) is 0 Å². The fourth-order valence-corrected chi connectivity index (χ4v) is 3.30. The maximum atomic E-state index is 11.6. The van der Waals surface area contributed by atoms with E-state index in [2.05, 4.69) is 30.7 Å². The van der Waals surface area contributed by atoms with Crippen molar-refractivity contribution < 1.29 is 8.42 Å². The molecule has 0 spiro atoms. The van der Waals surface area contributed by atoms with Crippen LogP contribution in [0.25, 0.3) is 4.96 Å². The lowest BCUT2D eigenvalue weighted by atomic mass is 10.8. The summed E-state index contributed by atoms with van der Waals surface area (Å²) in [6, 6.07) is 0. The molecule has 1 N–H and O–H groups in total. The van der Waals surface area contributed by atoms with Gasteiger partial charge in [-0.15, -0.1) is 5.10 Å². The third-order valence-electron chi connectivity index (χ3n) is 1.61. The number of nitrogens with one attached hydrogen (secondary N) is 1. The standard InChI is InChI=1S/C6H7BrN4O2S2/c1-2-8-15(12,13)4-3-11-6(9-4)14-5(7)10-11/h3,8H,2H2,1H3. The first-order valence-corrected chi connectivity index (χ1v) is 7.13. The molecule has 0 saturated heterocycles. The van der Waals surface area contributed by atoms with Crippen molar-refractivity contribution in [3.8, 4) is 0 Å². The quantitative estimate of drug-likeness (QED) is 0.912. The van der Waals surface area contributed by atoms with Crippen molar-refractivity contribution in [3.05, 3.63) is 10.1 Å². The van der Waals surface area contributed by atoms with Gasteiger partial charge >= 0.3 is 0 Å². The largest absolute Gasteiger partial charge is 0.259 e. The second-order valence-corrected chi connectivity index (χ2v) is 6.61. The fourth-order valence-electron chi connectivity index (χ4n) is 1.05. The van der Waals surface area contributed by atoms with Crippen molar-refractivity contribution in [2.75, 3.05) is 6.54 Å². The molecule has 0 aliphatic carbocycles. The molecule has 9 heteroatoms. The van der Waals surface area contributed by atoms with Crippen LogP contribution in [0.2, 0.25) is 0 Å². The van der Waals surface area contributed by atoms with Crippen molar-refractivity contribution in [1.82, 2.24) is 19.3 Å². The van der Waals surface area contributed by atoms with Crippen LogP contribution >= 0.6 is 27.3 Å². The molecule has 0 radical (unpaired) electrons. The van der Waals surface area contributed by atoms with Gasteiger partial charge in [0.25, 0.3) is 10.0 Å². The molecule has 82 valence electrons. The molecule has 2 aromatic heterocycles. The first-order chi connectivity index (χ1) is 7.03. The van der Waals surface area contributed by atoms with Crippen molar-refractivity contribution >= 4 is 42.3 Å². The molecule has 0 unspecified atom stereocenters. The summed E-state index contributed by atoms with van der Waals surface area (Å²) in [7, 11) is -3.49. The average molecular weight is 311 g/mol. The summed E-state index contributed by atoms with van der Waals surface area (Å²) in [5.74, 6) is 0. The number of rotatable bonds is 3. The van der Waals surface area contributed by atoms with E-state index in [-0.39, 0.29) is 5.03 Å². The number of hydrogen-bond donors (Lipinski definition) is 1. The maximum Gasteiger partial charge on any atom is 0.259 e. The molecule has 0 aliphatic heterocycles. The van der Waals surface area contributed by atoms with Gasteiger partial charge in [-0.1, -0.05) is 18.3 Å². The van der Waals surface area contributed by atoms with E-state index in [1.54, 1.807) is 6.92 Å². The molecule has 6 nitrogen and oxygen atoms in total. The minimum atomic E-state index is -3.49. The van der Waals surface area contributed by atoms with E-state index in [1.165, 1.54) is 22.0 Å². The van der Waals surface area contributed by atoms with Gasteiger partial charge in [0.1, 0.15) is 0 Å². The van der Waals surface area contributed by atoms with Gasteiger partial charge < -0.3 is 0 Å². The maximum absolute atomic E-state index is 11.6. The Morgan fingerprint density at radius 2 is 2.40 bits per heavy atom. The van der Waals surface area contributed by atoms with Crippen molar-refractivity contribution in [2.24, 2.45) is 0 Å². The number of aromatic nitrogens is 3. The number of halogens is 1. The molecule has 0 atom stereocenters. The van der Waals surface area contributed by atoms with E-state index < -0.39 is 10.0 Å². The second-order valence-electron chi connectivity index (χ2n) is 2.66. The number of hydrogen-bond acceptors (Lipinski definition) is 5. The molecule has 2 heterocycles. The number of fused-ring (bicyclic) bond motifs is 1. The van der Waals surface area contributed by atoms with Gasteiger partial charge in [0.05, 0.1) is 6.20 Å². The fraction of sp³-hybridized carbons (Fsp3) is 0.333. The van der Waals surface area contributed by atoms with E-state index in [0.29, 0.717) is 15.4 Å². The zero-order chi connectivity index (χ0) is 11.1. The topological polar surface area (TPSA) is 76.4 Å². The van der Waals surface area contributed by atoms with Gasteiger partial charge in [0.15, 0.2) is 8.94 Å². The molecule has 2 aromatic rings.